The molecule has 0 fully saturated rings. The van der Waals surface area contributed by atoms with Crippen LogP contribution in [0.3, 0.4) is 0 Å². The predicted octanol–water partition coefficient (Wildman–Crippen LogP) is 3.83. The number of rotatable bonds is 5. The smallest absolute Gasteiger partial charge is 0.254 e. The first-order valence-corrected chi connectivity index (χ1v) is 10.1. The summed E-state index contributed by atoms with van der Waals surface area (Å²) in [6, 6.07) is 12.7. The van der Waals surface area contributed by atoms with Crippen molar-refractivity contribution in [2.45, 2.75) is 19.5 Å². The number of fused-ring (bicyclic) bond motifs is 1. The quantitative estimate of drug-likeness (QED) is 0.617. The normalized spacial score (nSPS) is 13.6. The van der Waals surface area contributed by atoms with E-state index >= 15 is 0 Å². The first-order chi connectivity index (χ1) is 13.5. The molecule has 3 heterocycles. The second-order valence-electron chi connectivity index (χ2n) is 7.26. The van der Waals surface area contributed by atoms with E-state index in [1.165, 1.54) is 16.9 Å². The predicted molar refractivity (Wildman–Crippen MR) is 109 cm³/mol. The van der Waals surface area contributed by atoms with Crippen LogP contribution in [0.1, 0.15) is 42.7 Å². The van der Waals surface area contributed by atoms with Gasteiger partial charge in [-0.25, -0.2) is 0 Å². The van der Waals surface area contributed by atoms with Gasteiger partial charge < -0.3 is 14.2 Å². The van der Waals surface area contributed by atoms with Gasteiger partial charge >= 0.3 is 0 Å². The number of furan rings is 1. The van der Waals surface area contributed by atoms with Gasteiger partial charge in [-0.3, -0.25) is 9.59 Å². The lowest BCUT2D eigenvalue weighted by molar-refractivity contribution is 0.0718. The molecule has 1 aromatic carbocycles. The summed E-state index contributed by atoms with van der Waals surface area (Å²) in [5.41, 5.74) is 2.38. The molecular weight excluding hydrogens is 372 g/mol. The largest absolute Gasteiger partial charge is 0.463 e. The van der Waals surface area contributed by atoms with Crippen molar-refractivity contribution >= 4 is 23.0 Å². The first-order valence-electron chi connectivity index (χ1n) is 9.24. The van der Waals surface area contributed by atoms with Crippen LogP contribution in [-0.2, 0) is 19.5 Å². The van der Waals surface area contributed by atoms with Gasteiger partial charge in [-0.2, -0.15) is 0 Å². The van der Waals surface area contributed by atoms with Crippen molar-refractivity contribution in [1.29, 1.82) is 0 Å². The molecule has 0 saturated heterocycles. The molecule has 28 heavy (non-hydrogen) atoms. The van der Waals surface area contributed by atoms with Crippen molar-refractivity contribution in [1.82, 2.24) is 9.80 Å². The van der Waals surface area contributed by atoms with Crippen LogP contribution in [0.15, 0.2) is 52.3 Å². The standard InChI is InChI=1S/C22H22N2O3S/c1-23(2)13-18-12-17-9-10-24(14-19(17)27-18)22(26)16-7-5-15(6-8-16)21(25)20-4-3-11-28-20/h3-8,11-12H,9-10,13-14H2,1-2H3. The summed E-state index contributed by atoms with van der Waals surface area (Å²) in [5, 5.41) is 1.88. The Balaban J connectivity index is 1.46. The van der Waals surface area contributed by atoms with E-state index in [2.05, 4.69) is 11.0 Å². The van der Waals surface area contributed by atoms with E-state index < -0.39 is 0 Å². The maximum Gasteiger partial charge on any atom is 0.254 e. The third-order valence-corrected chi connectivity index (χ3v) is 5.70. The number of carbonyl (C=O) groups excluding carboxylic acids is 2. The number of hydrogen-bond acceptors (Lipinski definition) is 5. The van der Waals surface area contributed by atoms with Crippen molar-refractivity contribution in [2.24, 2.45) is 0 Å². The van der Waals surface area contributed by atoms with E-state index in [0.29, 0.717) is 29.1 Å². The average Bonchev–Trinajstić information content (AvgIpc) is 3.35. The van der Waals surface area contributed by atoms with Crippen LogP contribution in [0.2, 0.25) is 0 Å². The van der Waals surface area contributed by atoms with E-state index in [4.69, 9.17) is 4.42 Å². The van der Waals surface area contributed by atoms with Gasteiger partial charge in [0.2, 0.25) is 5.78 Å². The zero-order valence-corrected chi connectivity index (χ0v) is 16.8. The van der Waals surface area contributed by atoms with Crippen molar-refractivity contribution in [3.63, 3.8) is 0 Å². The molecule has 5 nitrogen and oxygen atoms in total. The molecule has 0 unspecified atom stereocenters. The summed E-state index contributed by atoms with van der Waals surface area (Å²) < 4.78 is 5.95. The summed E-state index contributed by atoms with van der Waals surface area (Å²) in [7, 11) is 4.01. The summed E-state index contributed by atoms with van der Waals surface area (Å²) in [4.78, 5) is 29.9. The van der Waals surface area contributed by atoms with Gasteiger partial charge in [-0.1, -0.05) is 18.2 Å². The Kier molecular flexibility index (Phi) is 5.15. The van der Waals surface area contributed by atoms with Gasteiger partial charge in [0.25, 0.3) is 5.91 Å². The Bertz CT molecular complexity index is 987. The molecule has 0 radical (unpaired) electrons. The summed E-state index contributed by atoms with van der Waals surface area (Å²) in [6.45, 7) is 1.90. The van der Waals surface area contributed by atoms with Crippen LogP contribution in [0.5, 0.6) is 0 Å². The van der Waals surface area contributed by atoms with Gasteiger partial charge in [0.15, 0.2) is 0 Å². The van der Waals surface area contributed by atoms with E-state index in [1.54, 1.807) is 29.2 Å². The second-order valence-corrected chi connectivity index (χ2v) is 8.21. The van der Waals surface area contributed by atoms with E-state index in [-0.39, 0.29) is 11.7 Å². The molecule has 0 atom stereocenters. The molecule has 1 amide bonds. The molecule has 2 aromatic heterocycles. The topological polar surface area (TPSA) is 53.8 Å². The van der Waals surface area contributed by atoms with E-state index in [1.807, 2.05) is 31.6 Å². The molecule has 3 aromatic rings. The molecule has 0 bridgehead atoms. The van der Waals surface area contributed by atoms with Crippen molar-refractivity contribution in [3.05, 3.63) is 80.9 Å². The van der Waals surface area contributed by atoms with Crippen LogP contribution in [-0.4, -0.2) is 42.1 Å². The molecule has 0 spiro atoms. The third kappa shape index (κ3) is 3.79. The molecule has 1 aliphatic rings. The van der Waals surface area contributed by atoms with Crippen molar-refractivity contribution < 1.29 is 14.0 Å². The minimum Gasteiger partial charge on any atom is -0.463 e. The molecule has 144 valence electrons. The summed E-state index contributed by atoms with van der Waals surface area (Å²) >= 11 is 1.42. The highest BCUT2D eigenvalue weighted by molar-refractivity contribution is 7.12. The maximum absolute atomic E-state index is 12.9. The molecule has 0 N–H and O–H groups in total. The van der Waals surface area contributed by atoms with Gasteiger partial charge in [0.1, 0.15) is 11.5 Å². The lowest BCUT2D eigenvalue weighted by atomic mass is 10.0. The SMILES string of the molecule is CN(C)Cc1cc2c(o1)CN(C(=O)c1ccc(C(=O)c3cccs3)cc1)CC2. The molecule has 6 heteroatoms. The maximum atomic E-state index is 12.9. The monoisotopic (exact) mass is 394 g/mol. The van der Waals surface area contributed by atoms with Crippen LogP contribution in [0, 0.1) is 0 Å². The van der Waals surface area contributed by atoms with Crippen LogP contribution in [0.4, 0.5) is 0 Å². The van der Waals surface area contributed by atoms with Gasteiger partial charge in [-0.05, 0) is 55.7 Å². The Morgan fingerprint density at radius 1 is 1.14 bits per heavy atom. The van der Waals surface area contributed by atoms with Crippen LogP contribution >= 0.6 is 11.3 Å². The molecular formula is C22H22N2O3S. The third-order valence-electron chi connectivity index (χ3n) is 4.83. The molecule has 4 rings (SSSR count). The lowest BCUT2D eigenvalue weighted by Crippen LogP contribution is -2.35. The Morgan fingerprint density at radius 3 is 2.57 bits per heavy atom. The number of benzene rings is 1. The van der Waals surface area contributed by atoms with E-state index in [9.17, 15) is 9.59 Å². The highest BCUT2D eigenvalue weighted by atomic mass is 32.1. The number of ketones is 1. The number of carbonyl (C=O) groups is 2. The minimum absolute atomic E-state index is 0.0133. The van der Waals surface area contributed by atoms with Gasteiger partial charge in [0.05, 0.1) is 18.0 Å². The fourth-order valence-corrected chi connectivity index (χ4v) is 4.13. The van der Waals surface area contributed by atoms with Crippen molar-refractivity contribution in [3.8, 4) is 0 Å². The van der Waals surface area contributed by atoms with Gasteiger partial charge in [0, 0.05) is 17.7 Å². The lowest BCUT2D eigenvalue weighted by Gasteiger charge is -2.26. The first kappa shape index (κ1) is 18.7. The molecule has 1 aliphatic heterocycles. The second kappa shape index (κ2) is 7.73. The zero-order valence-electron chi connectivity index (χ0n) is 16.0. The average molecular weight is 394 g/mol. The highest BCUT2D eigenvalue weighted by Crippen LogP contribution is 2.25. The Morgan fingerprint density at radius 2 is 1.89 bits per heavy atom. The number of amides is 1. The highest BCUT2D eigenvalue weighted by Gasteiger charge is 2.25. The van der Waals surface area contributed by atoms with Crippen molar-refractivity contribution in [2.75, 3.05) is 20.6 Å². The fraction of sp³-hybridized carbons (Fsp3) is 0.273. The zero-order chi connectivity index (χ0) is 19.7. The minimum atomic E-state index is -0.0358. The van der Waals surface area contributed by atoms with E-state index in [0.717, 1.165) is 24.5 Å². The molecule has 0 aliphatic carbocycles. The van der Waals surface area contributed by atoms with Gasteiger partial charge in [-0.15, -0.1) is 11.3 Å². The molecule has 0 saturated carbocycles. The van der Waals surface area contributed by atoms with Crippen LogP contribution in [0.25, 0.3) is 0 Å². The number of hydrogen-bond donors (Lipinski definition) is 0. The summed E-state index contributed by atoms with van der Waals surface area (Å²) in [6.07, 6.45) is 0.799. The Hall–Kier alpha value is -2.70. The number of nitrogens with zero attached hydrogens (tertiary/aromatic N) is 2. The summed E-state index contributed by atoms with van der Waals surface area (Å²) in [5.74, 6) is 1.76. The van der Waals surface area contributed by atoms with Crippen LogP contribution < -0.4 is 0 Å². The fourth-order valence-electron chi connectivity index (χ4n) is 3.44. The number of thiophene rings is 1. The Labute approximate surface area is 168 Å².